The van der Waals surface area contributed by atoms with Crippen LogP contribution in [0.4, 0.5) is 0 Å². The summed E-state index contributed by atoms with van der Waals surface area (Å²) in [6, 6.07) is 5.49. The fourth-order valence-corrected chi connectivity index (χ4v) is 2.27. The summed E-state index contributed by atoms with van der Waals surface area (Å²) in [5.74, 6) is 0.607. The summed E-state index contributed by atoms with van der Waals surface area (Å²) in [4.78, 5) is 12.0. The molecule has 0 spiro atoms. The van der Waals surface area contributed by atoms with Crippen LogP contribution in [0.3, 0.4) is 0 Å². The molecule has 0 aliphatic heterocycles. The van der Waals surface area contributed by atoms with Crippen LogP contribution < -0.4 is 4.74 Å². The van der Waals surface area contributed by atoms with Crippen molar-refractivity contribution in [2.24, 2.45) is 5.92 Å². The van der Waals surface area contributed by atoms with Crippen molar-refractivity contribution in [3.8, 4) is 5.75 Å². The number of allylic oxidation sites excluding steroid dienone is 1. The van der Waals surface area contributed by atoms with Gasteiger partial charge in [-0.05, 0) is 42.2 Å². The molecule has 1 aromatic carbocycles. The van der Waals surface area contributed by atoms with Gasteiger partial charge < -0.3 is 9.84 Å². The van der Waals surface area contributed by atoms with Crippen molar-refractivity contribution in [1.29, 1.82) is 0 Å². The highest BCUT2D eigenvalue weighted by Gasteiger charge is 2.38. The average molecular weight is 246 g/mol. The molecule has 0 heterocycles. The molecule has 0 amide bonds. The van der Waals surface area contributed by atoms with Gasteiger partial charge in [-0.2, -0.15) is 0 Å². The predicted molar refractivity (Wildman–Crippen MR) is 70.4 cm³/mol. The molecular weight excluding hydrogens is 228 g/mol. The highest BCUT2D eigenvalue weighted by atomic mass is 16.5. The molecule has 18 heavy (non-hydrogen) atoms. The first-order chi connectivity index (χ1) is 8.37. The third-order valence-electron chi connectivity index (χ3n) is 3.45. The van der Waals surface area contributed by atoms with Crippen molar-refractivity contribution in [2.75, 3.05) is 7.11 Å². The van der Waals surface area contributed by atoms with Crippen LogP contribution in [-0.4, -0.2) is 18.0 Å². The Morgan fingerprint density at radius 3 is 2.56 bits per heavy atom. The number of hydrogen-bond acceptors (Lipinski definition) is 3. The number of aliphatic hydroxyl groups is 1. The van der Waals surface area contributed by atoms with Gasteiger partial charge in [0.25, 0.3) is 0 Å². The Labute approximate surface area is 107 Å². The van der Waals surface area contributed by atoms with Gasteiger partial charge in [-0.1, -0.05) is 19.9 Å². The van der Waals surface area contributed by atoms with Crippen molar-refractivity contribution < 1.29 is 14.6 Å². The zero-order valence-electron chi connectivity index (χ0n) is 11.2. The van der Waals surface area contributed by atoms with Gasteiger partial charge in [0.2, 0.25) is 0 Å². The molecule has 1 N–H and O–H groups in total. The summed E-state index contributed by atoms with van der Waals surface area (Å²) in [6.07, 6.45) is 1.56. The number of ether oxygens (including phenoxy) is 1. The van der Waals surface area contributed by atoms with E-state index in [1.165, 1.54) is 6.92 Å². The number of carbonyl (C=O) groups excluding carboxylic acids is 1. The molecular formula is C15H18O3. The van der Waals surface area contributed by atoms with Gasteiger partial charge in [-0.25, -0.2) is 0 Å². The molecule has 2 rings (SSSR count). The van der Waals surface area contributed by atoms with Crippen LogP contribution in [0, 0.1) is 5.92 Å². The van der Waals surface area contributed by atoms with Crippen molar-refractivity contribution >= 4 is 11.4 Å². The first-order valence-electron chi connectivity index (χ1n) is 6.05. The summed E-state index contributed by atoms with van der Waals surface area (Å²) in [5, 5.41) is 10.4. The maximum absolute atomic E-state index is 12.0. The minimum absolute atomic E-state index is 0.234. The summed E-state index contributed by atoms with van der Waals surface area (Å²) in [6.45, 7) is 5.60. The van der Waals surface area contributed by atoms with Crippen LogP contribution in [0.15, 0.2) is 24.3 Å². The number of methoxy groups -OCH3 is 1. The van der Waals surface area contributed by atoms with Crippen LogP contribution in [0.2, 0.25) is 0 Å². The SMILES string of the molecule is COc1ccc2c(c1)C(C)(O)C(=O)C=C2C(C)C. The molecule has 0 saturated carbocycles. The molecule has 1 aromatic rings. The maximum Gasteiger partial charge on any atom is 0.191 e. The number of benzene rings is 1. The normalized spacial score (nSPS) is 22.8. The van der Waals surface area contributed by atoms with E-state index in [1.54, 1.807) is 19.3 Å². The number of fused-ring (bicyclic) bond motifs is 1. The predicted octanol–water partition coefficient (Wildman–Crippen LogP) is 2.52. The van der Waals surface area contributed by atoms with Gasteiger partial charge in [0.15, 0.2) is 5.78 Å². The Morgan fingerprint density at radius 2 is 2.00 bits per heavy atom. The lowest BCUT2D eigenvalue weighted by Gasteiger charge is -2.31. The molecule has 0 radical (unpaired) electrons. The molecule has 0 fully saturated rings. The maximum atomic E-state index is 12.0. The van der Waals surface area contributed by atoms with Gasteiger partial charge in [0, 0.05) is 5.56 Å². The standard InChI is InChI=1S/C15H18O3/c1-9(2)12-8-14(16)15(3,17)13-7-10(18-4)5-6-11(12)13/h5-9,17H,1-4H3. The van der Waals surface area contributed by atoms with E-state index in [4.69, 9.17) is 4.74 Å². The van der Waals surface area contributed by atoms with E-state index in [0.717, 1.165) is 11.1 Å². The topological polar surface area (TPSA) is 46.5 Å². The Morgan fingerprint density at radius 1 is 1.33 bits per heavy atom. The number of hydrogen-bond donors (Lipinski definition) is 1. The van der Waals surface area contributed by atoms with Crippen molar-refractivity contribution in [1.82, 2.24) is 0 Å². The molecule has 1 unspecified atom stereocenters. The first-order valence-corrected chi connectivity index (χ1v) is 6.05. The summed E-state index contributed by atoms with van der Waals surface area (Å²) in [5.41, 5.74) is 1.04. The number of ketones is 1. The molecule has 0 aromatic heterocycles. The van der Waals surface area contributed by atoms with E-state index < -0.39 is 5.60 Å². The number of carbonyl (C=O) groups is 1. The lowest BCUT2D eigenvalue weighted by molar-refractivity contribution is -0.131. The van der Waals surface area contributed by atoms with Crippen LogP contribution in [0.25, 0.3) is 5.57 Å². The third kappa shape index (κ3) is 1.85. The van der Waals surface area contributed by atoms with Crippen LogP contribution >= 0.6 is 0 Å². The van der Waals surface area contributed by atoms with E-state index in [9.17, 15) is 9.90 Å². The van der Waals surface area contributed by atoms with Gasteiger partial charge in [-0.3, -0.25) is 4.79 Å². The first kappa shape index (κ1) is 12.8. The molecule has 0 bridgehead atoms. The van der Waals surface area contributed by atoms with E-state index in [-0.39, 0.29) is 11.7 Å². The van der Waals surface area contributed by atoms with E-state index in [2.05, 4.69) is 0 Å². The lowest BCUT2D eigenvalue weighted by Crippen LogP contribution is -2.35. The smallest absolute Gasteiger partial charge is 0.191 e. The molecule has 3 heteroatoms. The Bertz CT molecular complexity index is 525. The fraction of sp³-hybridized carbons (Fsp3) is 0.400. The molecule has 1 atom stereocenters. The van der Waals surface area contributed by atoms with E-state index in [0.29, 0.717) is 11.3 Å². The Kier molecular flexibility index (Phi) is 3.03. The number of rotatable bonds is 2. The largest absolute Gasteiger partial charge is 0.497 e. The van der Waals surface area contributed by atoms with Crippen molar-refractivity contribution in [3.05, 3.63) is 35.4 Å². The average Bonchev–Trinajstić information content (AvgIpc) is 2.33. The van der Waals surface area contributed by atoms with E-state index in [1.807, 2.05) is 26.0 Å². The second kappa shape index (κ2) is 4.25. The minimum Gasteiger partial charge on any atom is -0.497 e. The highest BCUT2D eigenvalue weighted by Crippen LogP contribution is 2.39. The molecule has 0 saturated heterocycles. The van der Waals surface area contributed by atoms with Crippen LogP contribution in [0.5, 0.6) is 5.75 Å². The Hall–Kier alpha value is -1.61. The van der Waals surface area contributed by atoms with E-state index >= 15 is 0 Å². The van der Waals surface area contributed by atoms with Gasteiger partial charge in [0.1, 0.15) is 11.4 Å². The highest BCUT2D eigenvalue weighted by molar-refractivity contribution is 6.06. The quantitative estimate of drug-likeness (QED) is 0.872. The van der Waals surface area contributed by atoms with Crippen molar-refractivity contribution in [2.45, 2.75) is 26.4 Å². The van der Waals surface area contributed by atoms with Crippen LogP contribution in [0.1, 0.15) is 31.9 Å². The van der Waals surface area contributed by atoms with Gasteiger partial charge in [0.05, 0.1) is 7.11 Å². The molecule has 1 aliphatic rings. The second-order valence-electron chi connectivity index (χ2n) is 5.10. The zero-order chi connectivity index (χ0) is 13.5. The second-order valence-corrected chi connectivity index (χ2v) is 5.10. The molecule has 3 nitrogen and oxygen atoms in total. The molecule has 1 aliphatic carbocycles. The van der Waals surface area contributed by atoms with Gasteiger partial charge in [-0.15, -0.1) is 0 Å². The third-order valence-corrected chi connectivity index (χ3v) is 3.45. The summed E-state index contributed by atoms with van der Waals surface area (Å²) in [7, 11) is 1.57. The van der Waals surface area contributed by atoms with Crippen molar-refractivity contribution in [3.63, 3.8) is 0 Å². The monoisotopic (exact) mass is 246 g/mol. The minimum atomic E-state index is -1.47. The zero-order valence-corrected chi connectivity index (χ0v) is 11.2. The summed E-state index contributed by atoms with van der Waals surface area (Å²) < 4.78 is 5.16. The Balaban J connectivity index is 2.69. The lowest BCUT2D eigenvalue weighted by atomic mass is 9.77. The fourth-order valence-electron chi connectivity index (χ4n) is 2.27. The molecule has 96 valence electrons. The van der Waals surface area contributed by atoms with Gasteiger partial charge >= 0.3 is 0 Å². The summed E-state index contributed by atoms with van der Waals surface area (Å²) >= 11 is 0. The van der Waals surface area contributed by atoms with Crippen LogP contribution in [-0.2, 0) is 10.4 Å².